The third-order valence-electron chi connectivity index (χ3n) is 4.21. The summed E-state index contributed by atoms with van der Waals surface area (Å²) in [6.07, 6.45) is 0. The fourth-order valence-corrected chi connectivity index (χ4v) is 4.11. The van der Waals surface area contributed by atoms with Crippen molar-refractivity contribution in [3.05, 3.63) is 52.0 Å². The molecule has 2 aromatic rings. The molecule has 1 aromatic heterocycles. The number of hydrogen-bond acceptors (Lipinski definition) is 8. The zero-order valence-corrected chi connectivity index (χ0v) is 16.2. The molecule has 3 rings (SSSR count). The van der Waals surface area contributed by atoms with Crippen molar-refractivity contribution in [1.82, 2.24) is 4.31 Å². The number of anilines is 1. The van der Waals surface area contributed by atoms with Gasteiger partial charge in [-0.3, -0.25) is 15.5 Å². The van der Waals surface area contributed by atoms with Gasteiger partial charge >= 0.3 is 0 Å². The first-order chi connectivity index (χ1) is 13.3. The Labute approximate surface area is 162 Å². The molecule has 0 atom stereocenters. The molecule has 0 saturated carbocycles. The molecule has 0 amide bonds. The number of nitro groups is 1. The number of sulfonamides is 1. The van der Waals surface area contributed by atoms with Gasteiger partial charge in [-0.25, -0.2) is 8.42 Å². The molecule has 0 spiro atoms. The first kappa shape index (κ1) is 20.0. The standard InChI is InChI=1S/C17H20N4O6S/c1-12-3-6-17(27-12)13(2)18-19-15-5-4-14(11-16(15)21(22)23)28(24,25)20-7-9-26-10-8-20/h3-6,11,19H,7-10H2,1-2H3/b18-13+. The highest BCUT2D eigenvalue weighted by Gasteiger charge is 2.28. The number of benzene rings is 1. The Bertz CT molecular complexity index is 1010. The van der Waals surface area contributed by atoms with E-state index in [0.29, 0.717) is 30.4 Å². The van der Waals surface area contributed by atoms with Crippen LogP contribution in [0, 0.1) is 17.0 Å². The third kappa shape index (κ3) is 4.21. The molecule has 10 nitrogen and oxygen atoms in total. The lowest BCUT2D eigenvalue weighted by molar-refractivity contribution is -0.384. The molecule has 0 radical (unpaired) electrons. The number of nitrogens with one attached hydrogen (secondary N) is 1. The molecule has 1 saturated heterocycles. The minimum absolute atomic E-state index is 0.0774. The van der Waals surface area contributed by atoms with Crippen LogP contribution in [-0.4, -0.2) is 49.7 Å². The maximum absolute atomic E-state index is 12.7. The highest BCUT2D eigenvalue weighted by atomic mass is 32.2. The minimum atomic E-state index is -3.84. The molecule has 2 heterocycles. The number of aryl methyl sites for hydroxylation is 1. The summed E-state index contributed by atoms with van der Waals surface area (Å²) in [6, 6.07) is 7.21. The van der Waals surface area contributed by atoms with Crippen molar-refractivity contribution in [2.75, 3.05) is 31.7 Å². The van der Waals surface area contributed by atoms with E-state index < -0.39 is 14.9 Å². The van der Waals surface area contributed by atoms with Crippen molar-refractivity contribution in [1.29, 1.82) is 0 Å². The summed E-state index contributed by atoms with van der Waals surface area (Å²) in [4.78, 5) is 10.7. The molecule has 11 heteroatoms. The number of nitro benzene ring substituents is 1. The van der Waals surface area contributed by atoms with Gasteiger partial charge < -0.3 is 9.15 Å². The van der Waals surface area contributed by atoms with E-state index in [1.807, 2.05) is 0 Å². The summed E-state index contributed by atoms with van der Waals surface area (Å²) in [7, 11) is -3.84. The fraction of sp³-hybridized carbons (Fsp3) is 0.353. The number of furan rings is 1. The summed E-state index contributed by atoms with van der Waals surface area (Å²) in [5.41, 5.74) is 2.80. The molecule has 1 aromatic carbocycles. The van der Waals surface area contributed by atoms with Crippen molar-refractivity contribution in [2.45, 2.75) is 18.7 Å². The van der Waals surface area contributed by atoms with E-state index >= 15 is 0 Å². The number of nitrogens with zero attached hydrogens (tertiary/aromatic N) is 3. The van der Waals surface area contributed by atoms with Crippen LogP contribution in [0.4, 0.5) is 11.4 Å². The minimum Gasteiger partial charge on any atom is -0.460 e. The van der Waals surface area contributed by atoms with Crippen LogP contribution < -0.4 is 5.43 Å². The Morgan fingerprint density at radius 1 is 1.25 bits per heavy atom. The number of morpholine rings is 1. The lowest BCUT2D eigenvalue weighted by atomic mass is 10.3. The number of ether oxygens (including phenoxy) is 1. The van der Waals surface area contributed by atoms with Crippen LogP contribution in [0.3, 0.4) is 0 Å². The second-order valence-corrected chi connectivity index (χ2v) is 8.11. The van der Waals surface area contributed by atoms with Gasteiger partial charge in [0.1, 0.15) is 22.9 Å². The topological polar surface area (TPSA) is 127 Å². The van der Waals surface area contributed by atoms with Gasteiger partial charge in [-0.15, -0.1) is 0 Å². The van der Waals surface area contributed by atoms with Crippen LogP contribution in [0.2, 0.25) is 0 Å². The summed E-state index contributed by atoms with van der Waals surface area (Å²) in [6.45, 7) is 4.49. The van der Waals surface area contributed by atoms with E-state index in [1.165, 1.54) is 16.4 Å². The van der Waals surface area contributed by atoms with Gasteiger partial charge in [0.2, 0.25) is 10.0 Å². The summed E-state index contributed by atoms with van der Waals surface area (Å²) in [5, 5.41) is 15.6. The fourth-order valence-electron chi connectivity index (χ4n) is 2.68. The van der Waals surface area contributed by atoms with Crippen LogP contribution in [0.15, 0.2) is 44.7 Å². The maximum Gasteiger partial charge on any atom is 0.295 e. The predicted octanol–water partition coefficient (Wildman–Crippen LogP) is 2.35. The van der Waals surface area contributed by atoms with E-state index in [1.54, 1.807) is 26.0 Å². The van der Waals surface area contributed by atoms with Crippen molar-refractivity contribution < 1.29 is 22.5 Å². The van der Waals surface area contributed by atoms with Crippen LogP contribution in [0.5, 0.6) is 0 Å². The van der Waals surface area contributed by atoms with Gasteiger partial charge in [0.15, 0.2) is 0 Å². The second kappa shape index (κ2) is 8.09. The van der Waals surface area contributed by atoms with Crippen LogP contribution in [0.1, 0.15) is 18.4 Å². The normalized spacial score (nSPS) is 16.1. The van der Waals surface area contributed by atoms with Gasteiger partial charge in [0.05, 0.1) is 23.0 Å². The Morgan fingerprint density at radius 3 is 2.57 bits per heavy atom. The van der Waals surface area contributed by atoms with E-state index in [9.17, 15) is 18.5 Å². The first-order valence-corrected chi connectivity index (χ1v) is 9.96. The summed E-state index contributed by atoms with van der Waals surface area (Å²) >= 11 is 0. The molecule has 0 aliphatic carbocycles. The molecule has 1 fully saturated rings. The monoisotopic (exact) mass is 408 g/mol. The SMILES string of the molecule is C/C(=N\Nc1ccc(S(=O)(=O)N2CCOCC2)cc1[N+](=O)[O-])c1ccc(C)o1. The van der Waals surface area contributed by atoms with Crippen molar-refractivity contribution in [3.8, 4) is 0 Å². The smallest absolute Gasteiger partial charge is 0.295 e. The molecule has 28 heavy (non-hydrogen) atoms. The van der Waals surface area contributed by atoms with E-state index in [4.69, 9.17) is 9.15 Å². The van der Waals surface area contributed by atoms with Gasteiger partial charge in [0, 0.05) is 19.2 Å². The molecular weight excluding hydrogens is 388 g/mol. The van der Waals surface area contributed by atoms with Gasteiger partial charge in [-0.1, -0.05) is 0 Å². The van der Waals surface area contributed by atoms with Gasteiger partial charge in [-0.2, -0.15) is 9.41 Å². The lowest BCUT2D eigenvalue weighted by Gasteiger charge is -2.26. The first-order valence-electron chi connectivity index (χ1n) is 8.52. The Hall–Kier alpha value is -2.76. The summed E-state index contributed by atoms with van der Waals surface area (Å²) in [5.74, 6) is 1.24. The lowest BCUT2D eigenvalue weighted by Crippen LogP contribution is -2.40. The van der Waals surface area contributed by atoms with Crippen LogP contribution in [-0.2, 0) is 14.8 Å². The van der Waals surface area contributed by atoms with Gasteiger partial charge in [-0.05, 0) is 38.1 Å². The predicted molar refractivity (Wildman–Crippen MR) is 102 cm³/mol. The van der Waals surface area contributed by atoms with Crippen LogP contribution in [0.25, 0.3) is 0 Å². The maximum atomic E-state index is 12.7. The number of hydrogen-bond donors (Lipinski definition) is 1. The van der Waals surface area contributed by atoms with E-state index in [2.05, 4.69) is 10.5 Å². The molecule has 150 valence electrons. The van der Waals surface area contributed by atoms with Crippen molar-refractivity contribution in [2.24, 2.45) is 5.10 Å². The molecular formula is C17H20N4O6S. The average molecular weight is 408 g/mol. The van der Waals surface area contributed by atoms with E-state index in [0.717, 1.165) is 6.07 Å². The second-order valence-electron chi connectivity index (χ2n) is 6.17. The zero-order chi connectivity index (χ0) is 20.3. The van der Waals surface area contributed by atoms with Crippen molar-refractivity contribution in [3.63, 3.8) is 0 Å². The Kier molecular flexibility index (Phi) is 5.77. The molecule has 1 N–H and O–H groups in total. The average Bonchev–Trinajstić information content (AvgIpc) is 3.13. The molecule has 1 aliphatic heterocycles. The van der Waals surface area contributed by atoms with Gasteiger partial charge in [0.25, 0.3) is 5.69 Å². The molecule has 0 unspecified atom stereocenters. The molecule has 0 bridgehead atoms. The highest BCUT2D eigenvalue weighted by molar-refractivity contribution is 7.89. The van der Waals surface area contributed by atoms with E-state index in [-0.39, 0.29) is 29.4 Å². The summed E-state index contributed by atoms with van der Waals surface area (Å²) < 4.78 is 37.3. The van der Waals surface area contributed by atoms with Crippen LogP contribution >= 0.6 is 0 Å². The highest BCUT2D eigenvalue weighted by Crippen LogP contribution is 2.29. The Morgan fingerprint density at radius 2 is 1.96 bits per heavy atom. The zero-order valence-electron chi connectivity index (χ0n) is 15.4. The Balaban J connectivity index is 1.88. The quantitative estimate of drug-likeness (QED) is 0.441. The third-order valence-corrected chi connectivity index (χ3v) is 6.11. The van der Waals surface area contributed by atoms with Crippen molar-refractivity contribution >= 4 is 27.1 Å². The number of rotatable bonds is 6. The number of hydrazone groups is 1. The molecule has 1 aliphatic rings. The largest absolute Gasteiger partial charge is 0.460 e.